The van der Waals surface area contributed by atoms with Gasteiger partial charge < -0.3 is 13.8 Å². The normalized spacial score (nSPS) is 17.6. The summed E-state index contributed by atoms with van der Waals surface area (Å²) in [6.07, 6.45) is 0.916. The number of hydrogen-bond donors (Lipinski definition) is 0. The SMILES string of the molecule is CC1C(=O)N(c2ccc(S(=O)(=O)[O-])cc2)C(=O)C1C.CCC(C)c1ccc(COc2c(F)c(F)c(S(=O)(=O)[O-])c(F)c2F)cc1. The Hall–Kier alpha value is -3.86. The zero-order valence-corrected chi connectivity index (χ0v) is 25.8. The van der Waals surface area contributed by atoms with Crippen LogP contribution in [0.4, 0.5) is 23.2 Å². The second-order valence-corrected chi connectivity index (χ2v) is 12.9. The molecule has 3 atom stereocenters. The van der Waals surface area contributed by atoms with E-state index in [0.29, 0.717) is 11.5 Å². The molecule has 2 amide bonds. The van der Waals surface area contributed by atoms with Crippen LogP contribution in [-0.4, -0.2) is 37.8 Å². The Morgan fingerprint density at radius 2 is 1.24 bits per heavy atom. The van der Waals surface area contributed by atoms with Gasteiger partial charge in [0.15, 0.2) is 17.4 Å². The van der Waals surface area contributed by atoms with Crippen molar-refractivity contribution in [3.63, 3.8) is 0 Å². The van der Waals surface area contributed by atoms with Gasteiger partial charge in [0.1, 0.15) is 31.7 Å². The number of nitrogens with zero attached hydrogens (tertiary/aromatic N) is 1. The van der Waals surface area contributed by atoms with Crippen molar-refractivity contribution in [2.75, 3.05) is 4.90 Å². The Balaban J connectivity index is 0.000000257. The van der Waals surface area contributed by atoms with Crippen LogP contribution in [0.25, 0.3) is 0 Å². The fourth-order valence-electron chi connectivity index (χ4n) is 4.23. The summed E-state index contributed by atoms with van der Waals surface area (Å²) in [5.41, 5.74) is 1.78. The lowest BCUT2D eigenvalue weighted by molar-refractivity contribution is -0.122. The van der Waals surface area contributed by atoms with Crippen LogP contribution in [0.2, 0.25) is 0 Å². The maximum Gasteiger partial charge on any atom is 0.237 e. The number of carbonyl (C=O) groups is 2. The molecule has 244 valence electrons. The predicted octanol–water partition coefficient (Wildman–Crippen LogP) is 4.98. The molecule has 45 heavy (non-hydrogen) atoms. The van der Waals surface area contributed by atoms with Crippen molar-refractivity contribution < 1.29 is 57.8 Å². The standard InChI is InChI=1S/C17H16F4O4S.C12H13NO5S/c1-3-9(2)11-6-4-10(5-7-11)8-25-16-12(18)14(20)17(26(22,23)24)15(21)13(16)19;1-7-8(2)12(15)13(11(7)14)9-3-5-10(6-4-9)19(16,17)18/h4-7,9H,3,8H2,1-2H3,(H,22,23,24);3-8H,1-2H3,(H,16,17,18)/p-2. The second-order valence-electron chi connectivity index (χ2n) is 10.2. The predicted molar refractivity (Wildman–Crippen MR) is 149 cm³/mol. The van der Waals surface area contributed by atoms with Crippen molar-refractivity contribution in [1.29, 1.82) is 0 Å². The van der Waals surface area contributed by atoms with E-state index in [1.165, 1.54) is 12.1 Å². The van der Waals surface area contributed by atoms with Crippen LogP contribution in [0.1, 0.15) is 51.2 Å². The van der Waals surface area contributed by atoms with E-state index in [1.807, 2.05) is 13.8 Å². The molecule has 3 aromatic rings. The number of ether oxygens (including phenoxy) is 1. The molecule has 1 fully saturated rings. The van der Waals surface area contributed by atoms with Crippen LogP contribution in [0.5, 0.6) is 5.75 Å². The van der Waals surface area contributed by atoms with Gasteiger partial charge in [-0.2, -0.15) is 8.78 Å². The first kappa shape index (κ1) is 35.6. The van der Waals surface area contributed by atoms with Gasteiger partial charge in [0.05, 0.1) is 10.6 Å². The van der Waals surface area contributed by atoms with E-state index in [4.69, 9.17) is 4.74 Å². The topological polar surface area (TPSA) is 161 Å². The van der Waals surface area contributed by atoms with Crippen molar-refractivity contribution in [2.45, 2.75) is 56.4 Å². The van der Waals surface area contributed by atoms with Gasteiger partial charge in [-0.3, -0.25) is 14.5 Å². The fourth-order valence-corrected chi connectivity index (χ4v) is 5.32. The molecule has 0 radical (unpaired) electrons. The molecule has 3 unspecified atom stereocenters. The Morgan fingerprint density at radius 3 is 1.64 bits per heavy atom. The summed E-state index contributed by atoms with van der Waals surface area (Å²) >= 11 is 0. The number of anilines is 1. The van der Waals surface area contributed by atoms with E-state index in [2.05, 4.69) is 0 Å². The minimum absolute atomic E-state index is 0.276. The molecule has 0 aromatic heterocycles. The number of hydrogen-bond acceptors (Lipinski definition) is 9. The third kappa shape index (κ3) is 7.69. The van der Waals surface area contributed by atoms with Crippen LogP contribution >= 0.6 is 0 Å². The van der Waals surface area contributed by atoms with Crippen LogP contribution in [0, 0.1) is 35.1 Å². The summed E-state index contributed by atoms with van der Waals surface area (Å²) < 4.78 is 124. The molecule has 0 saturated carbocycles. The molecule has 1 saturated heterocycles. The van der Waals surface area contributed by atoms with E-state index in [9.17, 15) is 53.1 Å². The van der Waals surface area contributed by atoms with E-state index in [0.717, 1.165) is 29.0 Å². The van der Waals surface area contributed by atoms with Gasteiger partial charge in [-0.25, -0.2) is 25.6 Å². The summed E-state index contributed by atoms with van der Waals surface area (Å²) in [6.45, 7) is 6.95. The lowest BCUT2D eigenvalue weighted by atomic mass is 9.98. The summed E-state index contributed by atoms with van der Waals surface area (Å²) in [7, 11) is -10.3. The maximum absolute atomic E-state index is 13.8. The van der Waals surface area contributed by atoms with Crippen molar-refractivity contribution in [3.05, 3.63) is 82.9 Å². The quantitative estimate of drug-likeness (QED) is 0.139. The molecule has 16 heteroatoms. The Morgan fingerprint density at radius 1 is 0.778 bits per heavy atom. The average Bonchev–Trinajstić information content (AvgIpc) is 3.17. The summed E-state index contributed by atoms with van der Waals surface area (Å²) in [5.74, 6) is -11.4. The molecular weight excluding hydrogens is 646 g/mol. The monoisotopic (exact) mass is 673 g/mol. The minimum Gasteiger partial charge on any atom is -0.744 e. The highest BCUT2D eigenvalue weighted by Crippen LogP contribution is 2.33. The molecule has 4 rings (SSSR count). The summed E-state index contributed by atoms with van der Waals surface area (Å²) in [6, 6.07) is 11.6. The van der Waals surface area contributed by atoms with Crippen molar-refractivity contribution in [3.8, 4) is 5.75 Å². The number of benzene rings is 3. The molecule has 0 spiro atoms. The first-order chi connectivity index (χ1) is 20.8. The van der Waals surface area contributed by atoms with Gasteiger partial charge in [0.25, 0.3) is 0 Å². The molecule has 1 heterocycles. The molecule has 0 aliphatic carbocycles. The van der Waals surface area contributed by atoms with E-state index < -0.39 is 77.5 Å². The van der Waals surface area contributed by atoms with Gasteiger partial charge in [0, 0.05) is 11.8 Å². The van der Waals surface area contributed by atoms with Gasteiger partial charge in [0.2, 0.25) is 23.4 Å². The molecule has 0 N–H and O–H groups in total. The summed E-state index contributed by atoms with van der Waals surface area (Å²) in [4.78, 5) is 22.3. The van der Waals surface area contributed by atoms with E-state index in [-0.39, 0.29) is 17.5 Å². The largest absolute Gasteiger partial charge is 0.744 e. The lowest BCUT2D eigenvalue weighted by Crippen LogP contribution is -2.30. The molecular formula is C29H27F4NO9S2-2. The third-order valence-electron chi connectivity index (χ3n) is 7.33. The number of imide groups is 1. The van der Waals surface area contributed by atoms with Gasteiger partial charge in [-0.05, 0) is 47.7 Å². The van der Waals surface area contributed by atoms with Gasteiger partial charge in [-0.15, -0.1) is 0 Å². The highest BCUT2D eigenvalue weighted by atomic mass is 32.2. The van der Waals surface area contributed by atoms with E-state index in [1.54, 1.807) is 38.1 Å². The zero-order valence-electron chi connectivity index (χ0n) is 24.2. The second kappa shape index (κ2) is 13.6. The first-order valence-electron chi connectivity index (χ1n) is 13.3. The first-order valence-corrected chi connectivity index (χ1v) is 16.1. The van der Waals surface area contributed by atoms with Crippen LogP contribution in [-0.2, 0) is 36.4 Å². The fraction of sp³-hybridized carbons (Fsp3) is 0.310. The molecule has 1 aliphatic heterocycles. The average molecular weight is 674 g/mol. The van der Waals surface area contributed by atoms with Gasteiger partial charge in [-0.1, -0.05) is 52.0 Å². The molecule has 10 nitrogen and oxygen atoms in total. The maximum atomic E-state index is 13.8. The lowest BCUT2D eigenvalue weighted by Gasteiger charge is -2.15. The molecule has 0 bridgehead atoms. The smallest absolute Gasteiger partial charge is 0.237 e. The van der Waals surface area contributed by atoms with Gasteiger partial charge >= 0.3 is 0 Å². The number of amides is 2. The van der Waals surface area contributed by atoms with Crippen LogP contribution < -0.4 is 9.64 Å². The third-order valence-corrected chi connectivity index (χ3v) is 9.04. The Kier molecular flexibility index (Phi) is 10.8. The highest BCUT2D eigenvalue weighted by molar-refractivity contribution is 7.86. The molecule has 3 aromatic carbocycles. The van der Waals surface area contributed by atoms with Crippen LogP contribution in [0.15, 0.2) is 58.3 Å². The number of rotatable bonds is 8. The van der Waals surface area contributed by atoms with Crippen molar-refractivity contribution in [1.82, 2.24) is 0 Å². The highest BCUT2D eigenvalue weighted by Gasteiger charge is 2.43. The Bertz CT molecular complexity index is 1770. The van der Waals surface area contributed by atoms with Crippen molar-refractivity contribution in [2.24, 2.45) is 11.8 Å². The Labute approximate surface area is 257 Å². The van der Waals surface area contributed by atoms with Crippen LogP contribution in [0.3, 0.4) is 0 Å². The van der Waals surface area contributed by atoms with E-state index >= 15 is 0 Å². The van der Waals surface area contributed by atoms with Crippen molar-refractivity contribution >= 4 is 37.7 Å². The minimum atomic E-state index is -5.74. The number of carbonyl (C=O) groups excluding carboxylic acids is 2. The number of halogens is 4. The summed E-state index contributed by atoms with van der Waals surface area (Å²) in [5, 5.41) is 0. The zero-order chi connectivity index (χ0) is 34.0. The molecule has 1 aliphatic rings.